The number of carbonyl (C=O) groups is 2. The van der Waals surface area contributed by atoms with Gasteiger partial charge in [0.15, 0.2) is 0 Å². The van der Waals surface area contributed by atoms with Crippen molar-refractivity contribution in [1.29, 1.82) is 0 Å². The average Bonchev–Trinajstić information content (AvgIpc) is 2.53. The summed E-state index contributed by atoms with van der Waals surface area (Å²) in [6.07, 6.45) is 0. The summed E-state index contributed by atoms with van der Waals surface area (Å²) in [5.41, 5.74) is 6.82. The minimum atomic E-state index is -0.363. The summed E-state index contributed by atoms with van der Waals surface area (Å²) < 4.78 is 6.21. The Morgan fingerprint density at radius 3 is 2.50 bits per heavy atom. The van der Waals surface area contributed by atoms with Crippen LogP contribution in [0.1, 0.15) is 0 Å². The van der Waals surface area contributed by atoms with Crippen molar-refractivity contribution in [2.24, 2.45) is 5.73 Å². The zero-order chi connectivity index (χ0) is 15.9. The maximum absolute atomic E-state index is 12.0. The molecule has 0 unspecified atom stereocenters. The van der Waals surface area contributed by atoms with Gasteiger partial charge in [0.05, 0.1) is 37.7 Å². The van der Waals surface area contributed by atoms with Crippen LogP contribution in [0.15, 0.2) is 22.7 Å². The summed E-state index contributed by atoms with van der Waals surface area (Å²) in [7, 11) is 0. The number of ether oxygens (including phenoxy) is 1. The molecule has 136 valence electrons. The van der Waals surface area contributed by atoms with E-state index in [1.165, 1.54) is 0 Å². The van der Waals surface area contributed by atoms with Crippen molar-refractivity contribution in [3.63, 3.8) is 0 Å². The Kier molecular flexibility index (Phi) is 11.0. The Morgan fingerprint density at radius 2 is 1.88 bits per heavy atom. The lowest BCUT2D eigenvalue weighted by molar-refractivity contribution is -0.123. The van der Waals surface area contributed by atoms with E-state index in [4.69, 9.17) is 10.5 Å². The minimum absolute atomic E-state index is 0. The topological polar surface area (TPSA) is 96.7 Å². The highest BCUT2D eigenvalue weighted by Crippen LogP contribution is 2.29. The number of anilines is 2. The van der Waals surface area contributed by atoms with Crippen LogP contribution in [-0.4, -0.2) is 51.2 Å². The number of rotatable bonds is 5. The van der Waals surface area contributed by atoms with Crippen LogP contribution in [0.5, 0.6) is 0 Å². The summed E-state index contributed by atoms with van der Waals surface area (Å²) in [4.78, 5) is 25.2. The van der Waals surface area contributed by atoms with E-state index in [9.17, 15) is 9.59 Å². The normalized spacial score (nSPS) is 13.3. The predicted octanol–water partition coefficient (Wildman–Crippen LogP) is 1.14. The summed E-state index contributed by atoms with van der Waals surface area (Å²) in [6.45, 7) is 2.63. The second-order valence-corrected chi connectivity index (χ2v) is 5.71. The van der Waals surface area contributed by atoms with E-state index in [1.807, 2.05) is 18.2 Å². The lowest BCUT2D eigenvalue weighted by atomic mass is 10.2. The first-order valence-electron chi connectivity index (χ1n) is 6.99. The molecule has 0 radical (unpaired) electrons. The molecule has 24 heavy (non-hydrogen) atoms. The van der Waals surface area contributed by atoms with Crippen molar-refractivity contribution < 1.29 is 14.3 Å². The molecule has 0 bridgehead atoms. The zero-order valence-electron chi connectivity index (χ0n) is 12.9. The third-order valence-electron chi connectivity index (χ3n) is 3.22. The van der Waals surface area contributed by atoms with E-state index in [0.717, 1.165) is 23.2 Å². The van der Waals surface area contributed by atoms with Gasteiger partial charge in [-0.2, -0.15) is 0 Å². The van der Waals surface area contributed by atoms with Gasteiger partial charge in [0, 0.05) is 17.6 Å². The Hall–Kier alpha value is -1.06. The molecule has 4 N–H and O–H groups in total. The number of halogens is 3. The highest BCUT2D eigenvalue weighted by molar-refractivity contribution is 9.10. The van der Waals surface area contributed by atoms with Gasteiger partial charge in [0.2, 0.25) is 11.8 Å². The van der Waals surface area contributed by atoms with Crippen LogP contribution in [0.2, 0.25) is 0 Å². The van der Waals surface area contributed by atoms with E-state index in [-0.39, 0.29) is 49.7 Å². The van der Waals surface area contributed by atoms with Crippen molar-refractivity contribution in [1.82, 2.24) is 5.32 Å². The number of hydrogen-bond donors (Lipinski definition) is 3. The molecule has 0 aromatic heterocycles. The molecule has 1 aliphatic rings. The second kappa shape index (κ2) is 11.5. The van der Waals surface area contributed by atoms with Crippen LogP contribution in [0.25, 0.3) is 0 Å². The number of hydrogen-bond acceptors (Lipinski definition) is 5. The molecule has 1 saturated heterocycles. The van der Waals surface area contributed by atoms with E-state index in [0.29, 0.717) is 18.9 Å². The molecule has 0 atom stereocenters. The molecular weight excluding hydrogens is 423 g/mol. The van der Waals surface area contributed by atoms with Gasteiger partial charge in [0.1, 0.15) is 0 Å². The van der Waals surface area contributed by atoms with Crippen LogP contribution in [0, 0.1) is 0 Å². The van der Waals surface area contributed by atoms with Gasteiger partial charge < -0.3 is 26.0 Å². The SMILES string of the molecule is Cl.Cl.NCC(=O)NCC(=O)Nc1cc(Br)ccc1N1CCOCC1. The van der Waals surface area contributed by atoms with Crippen molar-refractivity contribution >= 4 is 63.9 Å². The van der Waals surface area contributed by atoms with Crippen LogP contribution in [0.3, 0.4) is 0 Å². The number of benzene rings is 1. The van der Waals surface area contributed by atoms with Gasteiger partial charge in [-0.15, -0.1) is 24.8 Å². The van der Waals surface area contributed by atoms with Crippen LogP contribution < -0.4 is 21.3 Å². The molecule has 7 nitrogen and oxygen atoms in total. The van der Waals surface area contributed by atoms with E-state index in [2.05, 4.69) is 31.5 Å². The maximum atomic E-state index is 12.0. The molecule has 2 rings (SSSR count). The molecule has 0 spiro atoms. The smallest absolute Gasteiger partial charge is 0.243 e. The third kappa shape index (κ3) is 6.82. The molecule has 0 aliphatic carbocycles. The molecule has 1 heterocycles. The molecule has 0 saturated carbocycles. The molecule has 1 aromatic rings. The fourth-order valence-electron chi connectivity index (χ4n) is 2.13. The fraction of sp³-hybridized carbons (Fsp3) is 0.429. The summed E-state index contributed by atoms with van der Waals surface area (Å²) in [5.74, 6) is -0.660. The number of nitrogens with one attached hydrogen (secondary N) is 2. The molecule has 1 aliphatic heterocycles. The van der Waals surface area contributed by atoms with Gasteiger partial charge in [-0.25, -0.2) is 0 Å². The van der Waals surface area contributed by atoms with Crippen LogP contribution >= 0.6 is 40.7 Å². The summed E-state index contributed by atoms with van der Waals surface area (Å²) in [5, 5.41) is 5.27. The minimum Gasteiger partial charge on any atom is -0.378 e. The molecule has 1 fully saturated rings. The predicted molar refractivity (Wildman–Crippen MR) is 102 cm³/mol. The number of nitrogens with zero attached hydrogens (tertiary/aromatic N) is 1. The standard InChI is InChI=1S/C14H19BrN4O3.2ClH/c15-10-1-2-12(19-3-5-22-6-4-19)11(7-10)18-14(21)9-17-13(20)8-16;;/h1-2,7H,3-6,8-9,16H2,(H,17,20)(H,18,21);2*1H. The van der Waals surface area contributed by atoms with Crippen molar-refractivity contribution in [3.8, 4) is 0 Å². The highest BCUT2D eigenvalue weighted by Gasteiger charge is 2.16. The molecule has 10 heteroatoms. The monoisotopic (exact) mass is 442 g/mol. The second-order valence-electron chi connectivity index (χ2n) is 4.79. The number of nitrogens with two attached hydrogens (primary N) is 1. The van der Waals surface area contributed by atoms with E-state index in [1.54, 1.807) is 0 Å². The Balaban J connectivity index is 0.00000264. The first kappa shape index (κ1) is 22.9. The van der Waals surface area contributed by atoms with Gasteiger partial charge in [-0.05, 0) is 18.2 Å². The largest absolute Gasteiger partial charge is 0.378 e. The van der Waals surface area contributed by atoms with E-state index >= 15 is 0 Å². The van der Waals surface area contributed by atoms with Gasteiger partial charge >= 0.3 is 0 Å². The zero-order valence-corrected chi connectivity index (χ0v) is 16.1. The Morgan fingerprint density at radius 1 is 1.21 bits per heavy atom. The fourth-order valence-corrected chi connectivity index (χ4v) is 2.49. The highest BCUT2D eigenvalue weighted by atomic mass is 79.9. The first-order valence-corrected chi connectivity index (χ1v) is 7.78. The lowest BCUT2D eigenvalue weighted by Crippen LogP contribution is -2.38. The third-order valence-corrected chi connectivity index (χ3v) is 3.71. The molecular formula is C14H21BrCl2N4O3. The van der Waals surface area contributed by atoms with Gasteiger partial charge in [0.25, 0.3) is 0 Å². The Bertz CT molecular complexity index is 557. The number of carbonyl (C=O) groups excluding carboxylic acids is 2. The van der Waals surface area contributed by atoms with Gasteiger partial charge in [-0.3, -0.25) is 9.59 Å². The van der Waals surface area contributed by atoms with Crippen LogP contribution in [-0.2, 0) is 14.3 Å². The summed E-state index contributed by atoms with van der Waals surface area (Å²) >= 11 is 3.40. The maximum Gasteiger partial charge on any atom is 0.243 e. The lowest BCUT2D eigenvalue weighted by Gasteiger charge is -2.30. The number of morpholine rings is 1. The molecule has 2 amide bonds. The average molecular weight is 444 g/mol. The van der Waals surface area contributed by atoms with E-state index < -0.39 is 0 Å². The first-order chi connectivity index (χ1) is 10.6. The summed E-state index contributed by atoms with van der Waals surface area (Å²) in [6, 6.07) is 5.72. The quantitative estimate of drug-likeness (QED) is 0.634. The van der Waals surface area contributed by atoms with Gasteiger partial charge in [-0.1, -0.05) is 15.9 Å². The Labute approximate surface area is 161 Å². The van der Waals surface area contributed by atoms with Crippen molar-refractivity contribution in [3.05, 3.63) is 22.7 Å². The molecule has 1 aromatic carbocycles. The van der Waals surface area contributed by atoms with Crippen LogP contribution in [0.4, 0.5) is 11.4 Å². The van der Waals surface area contributed by atoms with Crippen molar-refractivity contribution in [2.75, 3.05) is 49.6 Å². The number of amides is 2. The van der Waals surface area contributed by atoms with Crippen molar-refractivity contribution in [2.45, 2.75) is 0 Å².